The molecular weight excluding hydrogens is 356 g/mol. The number of hydrogen-bond acceptors (Lipinski definition) is 4. The third kappa shape index (κ3) is 4.85. The number of aromatic carboxylic acids is 1. The second-order valence-corrected chi connectivity index (χ2v) is 8.49. The number of hydrogen-bond donors (Lipinski definition) is 2. The van der Waals surface area contributed by atoms with Gasteiger partial charge >= 0.3 is 5.97 Å². The Labute approximate surface area is 167 Å². The summed E-state index contributed by atoms with van der Waals surface area (Å²) in [4.78, 5) is 25.7. The lowest BCUT2D eigenvalue weighted by Gasteiger charge is -2.38. The molecule has 2 fully saturated rings. The Bertz CT molecular complexity index is 708. The molecule has 2 aliphatic carbocycles. The quantitative estimate of drug-likeness (QED) is 0.748. The molecule has 0 saturated heterocycles. The number of amides is 1. The Morgan fingerprint density at radius 3 is 2.43 bits per heavy atom. The Balaban J connectivity index is 1.46. The Morgan fingerprint density at radius 1 is 1.18 bits per heavy atom. The van der Waals surface area contributed by atoms with Gasteiger partial charge in [-0.2, -0.15) is 0 Å². The number of benzene rings is 1. The molecule has 2 saturated carbocycles. The molecule has 0 aromatic heterocycles. The lowest BCUT2D eigenvalue weighted by molar-refractivity contribution is -0.136. The van der Waals surface area contributed by atoms with Gasteiger partial charge in [-0.25, -0.2) is 4.79 Å². The summed E-state index contributed by atoms with van der Waals surface area (Å²) in [5.41, 5.74) is 7.43. The van der Waals surface area contributed by atoms with E-state index in [0.717, 1.165) is 44.1 Å². The van der Waals surface area contributed by atoms with Crippen LogP contribution in [-0.2, 0) is 4.79 Å². The van der Waals surface area contributed by atoms with Crippen molar-refractivity contribution >= 4 is 11.9 Å². The highest BCUT2D eigenvalue weighted by atomic mass is 16.5. The van der Waals surface area contributed by atoms with Gasteiger partial charge < -0.3 is 20.5 Å². The van der Waals surface area contributed by atoms with Crippen molar-refractivity contribution < 1.29 is 19.4 Å². The number of carboxylic acid groups (broad SMARTS) is 1. The Hall–Kier alpha value is -2.08. The fraction of sp³-hybridized carbons (Fsp3) is 0.636. The number of aryl methyl sites for hydroxylation is 1. The largest absolute Gasteiger partial charge is 0.493 e. The number of likely N-dealkylation sites (N-methyl/N-ethyl adjacent to an activating group) is 1. The van der Waals surface area contributed by atoms with Crippen molar-refractivity contribution in [3.63, 3.8) is 0 Å². The fourth-order valence-electron chi connectivity index (χ4n) is 4.27. The fourth-order valence-corrected chi connectivity index (χ4v) is 4.27. The van der Waals surface area contributed by atoms with Crippen LogP contribution in [0, 0.1) is 18.8 Å². The maximum absolute atomic E-state index is 12.6. The lowest BCUT2D eigenvalue weighted by Crippen LogP contribution is -2.52. The molecule has 1 aromatic carbocycles. The maximum atomic E-state index is 12.6. The molecule has 3 rings (SSSR count). The number of carboxylic acids is 1. The van der Waals surface area contributed by atoms with Crippen LogP contribution in [0.25, 0.3) is 0 Å². The highest BCUT2D eigenvalue weighted by molar-refractivity contribution is 5.88. The third-order valence-corrected chi connectivity index (χ3v) is 6.44. The first-order valence-corrected chi connectivity index (χ1v) is 10.3. The van der Waals surface area contributed by atoms with Crippen molar-refractivity contribution in [1.82, 2.24) is 4.90 Å². The lowest BCUT2D eigenvalue weighted by atomic mass is 9.78. The topological polar surface area (TPSA) is 92.9 Å². The van der Waals surface area contributed by atoms with Crippen LogP contribution in [-0.4, -0.2) is 47.6 Å². The first-order valence-electron chi connectivity index (χ1n) is 10.3. The van der Waals surface area contributed by atoms with Gasteiger partial charge in [0.05, 0.1) is 18.2 Å². The van der Waals surface area contributed by atoms with Crippen LogP contribution >= 0.6 is 0 Å². The van der Waals surface area contributed by atoms with Gasteiger partial charge in [0, 0.05) is 13.1 Å². The number of ether oxygens (including phenoxy) is 1. The minimum atomic E-state index is -0.945. The summed E-state index contributed by atoms with van der Waals surface area (Å²) < 4.78 is 5.88. The number of carbonyl (C=O) groups excluding carboxylic acids is 1. The summed E-state index contributed by atoms with van der Waals surface area (Å²) in [6, 6.07) is 5.06. The van der Waals surface area contributed by atoms with E-state index in [-0.39, 0.29) is 17.4 Å². The van der Waals surface area contributed by atoms with Gasteiger partial charge in [-0.3, -0.25) is 4.79 Å². The average molecular weight is 389 g/mol. The third-order valence-electron chi connectivity index (χ3n) is 6.44. The monoisotopic (exact) mass is 388 g/mol. The zero-order chi connectivity index (χ0) is 20.3. The zero-order valence-electron chi connectivity index (χ0n) is 16.9. The molecule has 0 radical (unpaired) electrons. The second kappa shape index (κ2) is 8.95. The molecule has 0 spiro atoms. The predicted molar refractivity (Wildman–Crippen MR) is 107 cm³/mol. The summed E-state index contributed by atoms with van der Waals surface area (Å²) in [7, 11) is 1.89. The normalized spacial score (nSPS) is 23.5. The second-order valence-electron chi connectivity index (χ2n) is 8.49. The van der Waals surface area contributed by atoms with E-state index in [1.165, 1.54) is 6.42 Å². The van der Waals surface area contributed by atoms with E-state index >= 15 is 0 Å². The summed E-state index contributed by atoms with van der Waals surface area (Å²) in [5, 5.41) is 9.17. The number of rotatable bonds is 7. The number of carbonyl (C=O) groups is 2. The van der Waals surface area contributed by atoms with Crippen LogP contribution in [0.15, 0.2) is 18.2 Å². The van der Waals surface area contributed by atoms with Gasteiger partial charge in [0.2, 0.25) is 5.91 Å². The molecule has 28 heavy (non-hydrogen) atoms. The van der Waals surface area contributed by atoms with Crippen LogP contribution < -0.4 is 10.5 Å². The molecule has 2 aliphatic rings. The van der Waals surface area contributed by atoms with Gasteiger partial charge in [0.25, 0.3) is 0 Å². The summed E-state index contributed by atoms with van der Waals surface area (Å²) in [6.45, 7) is 2.43. The van der Waals surface area contributed by atoms with Crippen LogP contribution in [0.1, 0.15) is 60.9 Å². The summed E-state index contributed by atoms with van der Waals surface area (Å²) >= 11 is 0. The van der Waals surface area contributed by atoms with Crippen molar-refractivity contribution in [2.75, 3.05) is 13.7 Å². The van der Waals surface area contributed by atoms with Crippen LogP contribution in [0.3, 0.4) is 0 Å². The summed E-state index contributed by atoms with van der Waals surface area (Å²) in [6.07, 6.45) is 7.24. The van der Waals surface area contributed by atoms with Crippen molar-refractivity contribution in [2.24, 2.45) is 17.6 Å². The van der Waals surface area contributed by atoms with E-state index in [9.17, 15) is 14.7 Å². The first kappa shape index (κ1) is 20.6. The van der Waals surface area contributed by atoms with Crippen LogP contribution in [0.5, 0.6) is 5.75 Å². The zero-order valence-corrected chi connectivity index (χ0v) is 16.9. The van der Waals surface area contributed by atoms with Crippen molar-refractivity contribution in [1.29, 1.82) is 0 Å². The molecule has 3 N–H and O–H groups in total. The van der Waals surface area contributed by atoms with Gasteiger partial charge in [-0.05, 0) is 87.5 Å². The molecule has 0 heterocycles. The van der Waals surface area contributed by atoms with Gasteiger partial charge in [0.15, 0.2) is 0 Å². The molecule has 0 unspecified atom stereocenters. The Kier molecular flexibility index (Phi) is 6.60. The van der Waals surface area contributed by atoms with E-state index in [1.807, 2.05) is 24.9 Å². The highest BCUT2D eigenvalue weighted by Crippen LogP contribution is 2.32. The van der Waals surface area contributed by atoms with Crippen molar-refractivity contribution in [3.05, 3.63) is 29.3 Å². The highest BCUT2D eigenvalue weighted by Gasteiger charge is 2.34. The van der Waals surface area contributed by atoms with Crippen molar-refractivity contribution in [3.8, 4) is 5.75 Å². The van der Waals surface area contributed by atoms with Gasteiger partial charge in [-0.1, -0.05) is 0 Å². The number of nitrogens with two attached hydrogens (primary N) is 1. The SMILES string of the molecule is Cc1cc(OCC2CCC([C@H](N)C(=O)N(C)C3CCC3)CC2)cc(C(=O)O)c1. The minimum Gasteiger partial charge on any atom is -0.493 e. The molecule has 1 aromatic rings. The van der Waals surface area contributed by atoms with E-state index in [1.54, 1.807) is 12.1 Å². The summed E-state index contributed by atoms with van der Waals surface area (Å²) in [5.74, 6) is 0.402. The number of nitrogens with zero attached hydrogens (tertiary/aromatic N) is 1. The van der Waals surface area contributed by atoms with Crippen LogP contribution in [0.2, 0.25) is 0 Å². The van der Waals surface area contributed by atoms with Crippen LogP contribution in [0.4, 0.5) is 0 Å². The molecule has 6 heteroatoms. The van der Waals surface area contributed by atoms with Gasteiger partial charge in [-0.15, -0.1) is 0 Å². The van der Waals surface area contributed by atoms with E-state index in [2.05, 4.69) is 0 Å². The van der Waals surface area contributed by atoms with E-state index in [0.29, 0.717) is 24.3 Å². The molecule has 1 amide bonds. The minimum absolute atomic E-state index is 0.0883. The van der Waals surface area contributed by atoms with Crippen molar-refractivity contribution in [2.45, 2.75) is 64.0 Å². The average Bonchev–Trinajstić information content (AvgIpc) is 2.63. The van der Waals surface area contributed by atoms with E-state index in [4.69, 9.17) is 10.5 Å². The molecule has 0 bridgehead atoms. The molecular formula is C22H32N2O4. The molecule has 6 nitrogen and oxygen atoms in total. The maximum Gasteiger partial charge on any atom is 0.335 e. The molecule has 0 aliphatic heterocycles. The smallest absolute Gasteiger partial charge is 0.335 e. The molecule has 1 atom stereocenters. The first-order chi connectivity index (χ1) is 13.3. The van der Waals surface area contributed by atoms with Gasteiger partial charge in [0.1, 0.15) is 5.75 Å². The van der Waals surface area contributed by atoms with E-state index < -0.39 is 12.0 Å². The predicted octanol–water partition coefficient (Wildman–Crippen LogP) is 3.22. The molecule has 154 valence electrons. The Morgan fingerprint density at radius 2 is 1.86 bits per heavy atom. The standard InChI is InChI=1S/C22H32N2O4/c1-14-10-17(22(26)27)12-19(11-14)28-13-15-6-8-16(9-7-15)20(23)21(25)24(2)18-4-3-5-18/h10-12,15-16,18,20H,3-9,13,23H2,1-2H3,(H,26,27)/t15?,16?,20-/m0/s1.